The molecule has 0 saturated carbocycles. The second kappa shape index (κ2) is 7.59. The van der Waals surface area contributed by atoms with Crippen LogP contribution in [0.3, 0.4) is 0 Å². The normalized spacial score (nSPS) is 24.9. The first-order valence-electron chi connectivity index (χ1n) is 8.12. The van der Waals surface area contributed by atoms with Crippen molar-refractivity contribution in [3.8, 4) is 5.75 Å². The van der Waals surface area contributed by atoms with Gasteiger partial charge in [-0.05, 0) is 24.6 Å². The summed E-state index contributed by atoms with van der Waals surface area (Å²) in [5.41, 5.74) is 10.6. The van der Waals surface area contributed by atoms with E-state index in [1.807, 2.05) is 6.92 Å². The number of hydrogen-bond acceptors (Lipinski definition) is 7. The molecule has 9 nitrogen and oxygen atoms in total. The van der Waals surface area contributed by atoms with Crippen LogP contribution in [-0.4, -0.2) is 22.3 Å². The summed E-state index contributed by atoms with van der Waals surface area (Å²) in [5, 5.41) is 0. The summed E-state index contributed by atoms with van der Waals surface area (Å²) in [4.78, 5) is 15.7. The molecule has 4 atom stereocenters. The van der Waals surface area contributed by atoms with Crippen LogP contribution in [-0.2, 0) is 13.8 Å². The summed E-state index contributed by atoms with van der Waals surface area (Å²) in [5.74, 6) is 0.536. The van der Waals surface area contributed by atoms with E-state index in [0.717, 1.165) is 0 Å². The minimum Gasteiger partial charge on any atom is -0.413 e. The minimum atomic E-state index is -3.77. The van der Waals surface area contributed by atoms with Crippen molar-refractivity contribution in [3.05, 3.63) is 53.1 Å². The van der Waals surface area contributed by atoms with Gasteiger partial charge in [0.1, 0.15) is 17.8 Å². The largest absolute Gasteiger partial charge is 0.456 e. The molecule has 26 heavy (non-hydrogen) atoms. The zero-order valence-corrected chi connectivity index (χ0v) is 15.1. The van der Waals surface area contributed by atoms with Crippen molar-refractivity contribution < 1.29 is 18.3 Å². The summed E-state index contributed by atoms with van der Waals surface area (Å²) in [6.45, 7) is 1.93. The quantitative estimate of drug-likeness (QED) is 0.727. The molecule has 2 aromatic rings. The topological polar surface area (TPSA) is 132 Å². The Morgan fingerprint density at radius 3 is 2.77 bits per heavy atom. The third-order valence-electron chi connectivity index (χ3n) is 4.00. The van der Waals surface area contributed by atoms with Crippen LogP contribution < -0.4 is 21.5 Å². The molecule has 1 aliphatic heterocycles. The van der Waals surface area contributed by atoms with E-state index in [4.69, 9.17) is 25.0 Å². The zero-order valence-electron chi connectivity index (χ0n) is 14.2. The fourth-order valence-corrected chi connectivity index (χ4v) is 3.67. The third-order valence-corrected chi connectivity index (χ3v) is 4.97. The first-order chi connectivity index (χ1) is 12.3. The molecule has 1 saturated heterocycles. The Morgan fingerprint density at radius 2 is 2.08 bits per heavy atom. The Morgan fingerprint density at radius 1 is 1.35 bits per heavy atom. The zero-order chi connectivity index (χ0) is 18.7. The smallest absolute Gasteiger partial charge is 0.413 e. The molecule has 3 rings (SSSR count). The van der Waals surface area contributed by atoms with Gasteiger partial charge < -0.3 is 15.0 Å². The Hall–Kier alpha value is -2.19. The number of aromatic nitrogens is 2. The molecule has 1 aromatic heterocycles. The van der Waals surface area contributed by atoms with E-state index in [9.17, 15) is 9.36 Å². The van der Waals surface area contributed by atoms with Crippen molar-refractivity contribution >= 4 is 13.6 Å². The standard InChI is InChI=1S/C16H21N4O5P/c1-11-9-13(24-15(11)20-8-7-14(17)19-16(20)21)10-23-26(18,22)25-12-5-3-2-4-6-12/h2-8,11,13,15H,9-10H2,1H3,(H2,18,22)(H2,17,19,21). The highest BCUT2D eigenvalue weighted by Crippen LogP contribution is 2.42. The Balaban J connectivity index is 1.60. The van der Waals surface area contributed by atoms with Gasteiger partial charge in [0, 0.05) is 12.1 Å². The molecule has 4 unspecified atom stereocenters. The molecule has 0 bridgehead atoms. The molecule has 0 spiro atoms. The van der Waals surface area contributed by atoms with Crippen LogP contribution in [0.1, 0.15) is 19.6 Å². The van der Waals surface area contributed by atoms with Crippen molar-refractivity contribution in [2.24, 2.45) is 11.4 Å². The van der Waals surface area contributed by atoms with Gasteiger partial charge in [-0.1, -0.05) is 25.1 Å². The summed E-state index contributed by atoms with van der Waals surface area (Å²) < 4.78 is 30.0. The first-order valence-corrected chi connectivity index (χ1v) is 9.73. The maximum Gasteiger partial charge on any atom is 0.456 e. The molecule has 2 heterocycles. The molecule has 10 heteroatoms. The van der Waals surface area contributed by atoms with Crippen LogP contribution in [0.5, 0.6) is 5.75 Å². The van der Waals surface area contributed by atoms with Crippen molar-refractivity contribution in [2.75, 3.05) is 12.3 Å². The summed E-state index contributed by atoms with van der Waals surface area (Å²) >= 11 is 0. The Labute approximate surface area is 150 Å². The van der Waals surface area contributed by atoms with E-state index in [0.29, 0.717) is 12.2 Å². The number of benzene rings is 1. The number of hydrogen-bond donors (Lipinski definition) is 2. The average molecular weight is 380 g/mol. The molecule has 1 aliphatic rings. The van der Waals surface area contributed by atoms with Crippen LogP contribution in [0.4, 0.5) is 5.82 Å². The van der Waals surface area contributed by atoms with Gasteiger partial charge in [0.25, 0.3) is 0 Å². The van der Waals surface area contributed by atoms with E-state index in [-0.39, 0.29) is 24.4 Å². The van der Waals surface area contributed by atoms with Gasteiger partial charge in [-0.2, -0.15) is 4.98 Å². The highest BCUT2D eigenvalue weighted by molar-refractivity contribution is 7.51. The second-order valence-electron chi connectivity index (χ2n) is 6.14. The van der Waals surface area contributed by atoms with E-state index in [1.54, 1.807) is 36.5 Å². The van der Waals surface area contributed by atoms with E-state index >= 15 is 0 Å². The van der Waals surface area contributed by atoms with Gasteiger partial charge in [0.15, 0.2) is 0 Å². The summed E-state index contributed by atoms with van der Waals surface area (Å²) in [6.07, 6.45) is 1.26. The van der Waals surface area contributed by atoms with Crippen LogP contribution >= 0.6 is 7.75 Å². The lowest BCUT2D eigenvalue weighted by Crippen LogP contribution is -2.29. The lowest BCUT2D eigenvalue weighted by molar-refractivity contribution is -0.0305. The average Bonchev–Trinajstić information content (AvgIpc) is 2.94. The van der Waals surface area contributed by atoms with Crippen LogP contribution in [0.15, 0.2) is 47.4 Å². The van der Waals surface area contributed by atoms with Gasteiger partial charge >= 0.3 is 13.4 Å². The number of anilines is 1. The molecular weight excluding hydrogens is 359 g/mol. The van der Waals surface area contributed by atoms with E-state index in [1.165, 1.54) is 10.6 Å². The highest BCUT2D eigenvalue weighted by Gasteiger charge is 2.35. The van der Waals surface area contributed by atoms with Crippen LogP contribution in [0, 0.1) is 5.92 Å². The third kappa shape index (κ3) is 4.50. The number of rotatable bonds is 6. The molecule has 140 valence electrons. The monoisotopic (exact) mass is 380 g/mol. The molecular formula is C16H21N4O5P. The number of nitrogens with two attached hydrogens (primary N) is 2. The SMILES string of the molecule is CC1CC(COP(N)(=O)Oc2ccccc2)OC1n1ccc(N)nc1=O. The van der Waals surface area contributed by atoms with Gasteiger partial charge in [0.05, 0.1) is 12.7 Å². The number of nitrogens with zero attached hydrogens (tertiary/aromatic N) is 2. The maximum absolute atomic E-state index is 12.3. The van der Waals surface area contributed by atoms with Crippen molar-refractivity contribution in [1.82, 2.24) is 9.55 Å². The van der Waals surface area contributed by atoms with Crippen molar-refractivity contribution in [2.45, 2.75) is 25.7 Å². The molecule has 0 amide bonds. The summed E-state index contributed by atoms with van der Waals surface area (Å²) in [6, 6.07) is 10.1. The van der Waals surface area contributed by atoms with E-state index in [2.05, 4.69) is 4.98 Å². The Kier molecular flexibility index (Phi) is 5.43. The number of para-hydroxylation sites is 1. The molecule has 1 fully saturated rings. The molecule has 0 aliphatic carbocycles. The van der Waals surface area contributed by atoms with Crippen molar-refractivity contribution in [1.29, 1.82) is 0 Å². The first kappa shape index (κ1) is 18.6. The summed E-state index contributed by atoms with van der Waals surface area (Å²) in [7, 11) is -3.77. The van der Waals surface area contributed by atoms with Gasteiger partial charge in [-0.3, -0.25) is 9.09 Å². The number of nitrogen functional groups attached to an aromatic ring is 1. The number of ether oxygens (including phenoxy) is 1. The van der Waals surface area contributed by atoms with Gasteiger partial charge in [-0.25, -0.2) is 14.9 Å². The van der Waals surface area contributed by atoms with E-state index < -0.39 is 19.7 Å². The minimum absolute atomic E-state index is 0.0153. The van der Waals surface area contributed by atoms with Crippen molar-refractivity contribution in [3.63, 3.8) is 0 Å². The Bertz CT molecular complexity index is 859. The van der Waals surface area contributed by atoms with Gasteiger partial charge in [0.2, 0.25) is 0 Å². The highest BCUT2D eigenvalue weighted by atomic mass is 31.2. The fraction of sp³-hybridized carbons (Fsp3) is 0.375. The molecule has 0 radical (unpaired) electrons. The predicted octanol–water partition coefficient (Wildman–Crippen LogP) is 1.91. The van der Waals surface area contributed by atoms with Crippen LogP contribution in [0.2, 0.25) is 0 Å². The second-order valence-corrected chi connectivity index (χ2v) is 7.66. The maximum atomic E-state index is 12.3. The lowest BCUT2D eigenvalue weighted by Gasteiger charge is -2.19. The molecule has 1 aromatic carbocycles. The lowest BCUT2D eigenvalue weighted by atomic mass is 10.1. The predicted molar refractivity (Wildman–Crippen MR) is 95.4 cm³/mol. The fourth-order valence-electron chi connectivity index (χ4n) is 2.83. The van der Waals surface area contributed by atoms with Gasteiger partial charge in [-0.15, -0.1) is 0 Å². The van der Waals surface area contributed by atoms with Crippen LogP contribution in [0.25, 0.3) is 0 Å². The molecule has 4 N–H and O–H groups in total.